The van der Waals surface area contributed by atoms with Gasteiger partial charge < -0.3 is 9.64 Å². The van der Waals surface area contributed by atoms with E-state index in [9.17, 15) is 19.3 Å². The number of carbonyl (C=O) groups excluding carboxylic acids is 1. The van der Waals surface area contributed by atoms with Gasteiger partial charge in [0.25, 0.3) is 0 Å². The molecule has 0 radical (unpaired) electrons. The number of hydrogen-bond acceptors (Lipinski definition) is 5. The van der Waals surface area contributed by atoms with Crippen molar-refractivity contribution in [2.24, 2.45) is 5.92 Å². The third kappa shape index (κ3) is 3.99. The zero-order valence-electron chi connectivity index (χ0n) is 11.6. The van der Waals surface area contributed by atoms with E-state index in [1.165, 1.54) is 19.2 Å². The highest BCUT2D eigenvalue weighted by atomic mass is 19.1. The Morgan fingerprint density at radius 3 is 2.75 bits per heavy atom. The fraction of sp³-hybridized carbons (Fsp3) is 0.462. The lowest BCUT2D eigenvalue weighted by Crippen LogP contribution is -2.29. The quantitative estimate of drug-likeness (QED) is 0.453. The van der Waals surface area contributed by atoms with Crippen LogP contribution in [0, 0.1) is 21.8 Å². The Kier molecular flexibility index (Phi) is 5.57. The number of ether oxygens (including phenoxy) is 1. The predicted molar refractivity (Wildman–Crippen MR) is 70.6 cm³/mol. The highest BCUT2D eigenvalue weighted by molar-refractivity contribution is 5.72. The van der Waals surface area contributed by atoms with E-state index in [2.05, 4.69) is 4.74 Å². The molecule has 1 aromatic carbocycles. The minimum atomic E-state index is -0.838. The van der Waals surface area contributed by atoms with Gasteiger partial charge in [-0.15, -0.1) is 0 Å². The van der Waals surface area contributed by atoms with E-state index in [1.54, 1.807) is 18.9 Å². The molecule has 0 fully saturated rings. The molecule has 0 aliphatic heterocycles. The molecule has 7 heteroatoms. The summed E-state index contributed by atoms with van der Waals surface area (Å²) in [5.74, 6) is -1.54. The van der Waals surface area contributed by atoms with Crippen molar-refractivity contribution in [3.05, 3.63) is 39.7 Å². The summed E-state index contributed by atoms with van der Waals surface area (Å²) in [6.45, 7) is 2.25. The van der Waals surface area contributed by atoms with Crippen molar-refractivity contribution in [1.82, 2.24) is 4.90 Å². The Morgan fingerprint density at radius 1 is 1.55 bits per heavy atom. The van der Waals surface area contributed by atoms with Crippen molar-refractivity contribution in [2.75, 3.05) is 20.7 Å². The van der Waals surface area contributed by atoms with Gasteiger partial charge >= 0.3 is 11.7 Å². The molecular formula is C13H17FN2O4. The third-order valence-electron chi connectivity index (χ3n) is 2.88. The van der Waals surface area contributed by atoms with Crippen molar-refractivity contribution in [1.29, 1.82) is 0 Å². The summed E-state index contributed by atoms with van der Waals surface area (Å²) >= 11 is 0. The summed E-state index contributed by atoms with van der Waals surface area (Å²) in [4.78, 5) is 22.9. The number of halogens is 1. The SMILES string of the molecule is COC(=O)C(C)CN(C)Cc1cccc([N+](=O)[O-])c1F. The molecule has 0 N–H and O–H groups in total. The number of benzene rings is 1. The number of nitro groups is 1. The number of carbonyl (C=O) groups is 1. The van der Waals surface area contributed by atoms with Gasteiger partial charge in [-0.2, -0.15) is 4.39 Å². The summed E-state index contributed by atoms with van der Waals surface area (Å²) in [5.41, 5.74) is -0.323. The summed E-state index contributed by atoms with van der Waals surface area (Å²) in [5, 5.41) is 10.7. The molecule has 1 unspecified atom stereocenters. The number of methoxy groups -OCH3 is 1. The van der Waals surface area contributed by atoms with Gasteiger partial charge in [-0.3, -0.25) is 14.9 Å². The molecule has 6 nitrogen and oxygen atoms in total. The molecule has 0 saturated heterocycles. The van der Waals surface area contributed by atoms with Crippen LogP contribution in [0.1, 0.15) is 12.5 Å². The first-order chi connectivity index (χ1) is 9.36. The molecule has 0 aliphatic carbocycles. The van der Waals surface area contributed by atoms with Crippen LogP contribution in [-0.2, 0) is 16.1 Å². The van der Waals surface area contributed by atoms with E-state index in [-0.39, 0.29) is 24.0 Å². The van der Waals surface area contributed by atoms with Crippen LogP contribution in [0.5, 0.6) is 0 Å². The lowest BCUT2D eigenvalue weighted by molar-refractivity contribution is -0.387. The maximum atomic E-state index is 13.9. The predicted octanol–water partition coefficient (Wildman–Crippen LogP) is 1.97. The van der Waals surface area contributed by atoms with Gasteiger partial charge in [0.05, 0.1) is 18.0 Å². The molecule has 1 aromatic rings. The van der Waals surface area contributed by atoms with E-state index < -0.39 is 16.4 Å². The number of nitro benzene ring substituents is 1. The van der Waals surface area contributed by atoms with Crippen LogP contribution in [0.15, 0.2) is 18.2 Å². The summed E-state index contributed by atoms with van der Waals surface area (Å²) in [6, 6.07) is 4.05. The van der Waals surface area contributed by atoms with Crippen LogP contribution >= 0.6 is 0 Å². The Labute approximate surface area is 116 Å². The van der Waals surface area contributed by atoms with Gasteiger partial charge in [0.2, 0.25) is 5.82 Å². The van der Waals surface area contributed by atoms with Crippen molar-refractivity contribution in [2.45, 2.75) is 13.5 Å². The van der Waals surface area contributed by atoms with Crippen LogP contribution < -0.4 is 0 Å². The Morgan fingerprint density at radius 2 is 2.20 bits per heavy atom. The molecule has 110 valence electrons. The standard InChI is InChI=1S/C13H17FN2O4/c1-9(13(17)20-3)7-15(2)8-10-5-4-6-11(12(10)14)16(18)19/h4-6,9H,7-8H2,1-3H3. The van der Waals surface area contributed by atoms with Crippen LogP contribution in [0.2, 0.25) is 0 Å². The normalized spacial score (nSPS) is 12.2. The average molecular weight is 284 g/mol. The molecule has 0 aromatic heterocycles. The van der Waals surface area contributed by atoms with Crippen molar-refractivity contribution in [3.8, 4) is 0 Å². The largest absolute Gasteiger partial charge is 0.469 e. The Hall–Kier alpha value is -2.02. The molecule has 0 spiro atoms. The van der Waals surface area contributed by atoms with Crippen LogP contribution in [0.4, 0.5) is 10.1 Å². The van der Waals surface area contributed by atoms with Crippen molar-refractivity contribution >= 4 is 11.7 Å². The molecule has 0 saturated carbocycles. The summed E-state index contributed by atoms with van der Waals surface area (Å²) in [6.07, 6.45) is 0. The first-order valence-corrected chi connectivity index (χ1v) is 6.05. The van der Waals surface area contributed by atoms with E-state index in [0.717, 1.165) is 6.07 Å². The van der Waals surface area contributed by atoms with E-state index >= 15 is 0 Å². The first kappa shape index (κ1) is 16.0. The molecule has 0 bridgehead atoms. The third-order valence-corrected chi connectivity index (χ3v) is 2.88. The second-order valence-electron chi connectivity index (χ2n) is 4.63. The molecule has 20 heavy (non-hydrogen) atoms. The summed E-state index contributed by atoms with van der Waals surface area (Å²) < 4.78 is 18.5. The average Bonchev–Trinajstić information content (AvgIpc) is 2.39. The number of nitrogens with zero attached hydrogens (tertiary/aromatic N) is 2. The van der Waals surface area contributed by atoms with E-state index in [4.69, 9.17) is 0 Å². The van der Waals surface area contributed by atoms with Gasteiger partial charge in [-0.1, -0.05) is 19.1 Å². The fourth-order valence-electron chi connectivity index (χ4n) is 1.93. The zero-order chi connectivity index (χ0) is 15.3. The van der Waals surface area contributed by atoms with Crippen LogP contribution in [-0.4, -0.2) is 36.5 Å². The first-order valence-electron chi connectivity index (χ1n) is 6.05. The zero-order valence-corrected chi connectivity index (χ0v) is 11.6. The molecule has 0 heterocycles. The van der Waals surface area contributed by atoms with Crippen molar-refractivity contribution in [3.63, 3.8) is 0 Å². The topological polar surface area (TPSA) is 72.7 Å². The van der Waals surface area contributed by atoms with Crippen LogP contribution in [0.3, 0.4) is 0 Å². The smallest absolute Gasteiger partial charge is 0.309 e. The molecular weight excluding hydrogens is 267 g/mol. The van der Waals surface area contributed by atoms with Gasteiger partial charge in [0.15, 0.2) is 0 Å². The highest BCUT2D eigenvalue weighted by Gasteiger charge is 2.20. The maximum absolute atomic E-state index is 13.9. The van der Waals surface area contributed by atoms with Gasteiger partial charge in [0.1, 0.15) is 0 Å². The second-order valence-corrected chi connectivity index (χ2v) is 4.63. The number of esters is 1. The second kappa shape index (κ2) is 6.95. The summed E-state index contributed by atoms with van der Waals surface area (Å²) in [7, 11) is 3.01. The fourth-order valence-corrected chi connectivity index (χ4v) is 1.93. The monoisotopic (exact) mass is 284 g/mol. The minimum absolute atomic E-state index is 0.175. The number of hydrogen-bond donors (Lipinski definition) is 0. The van der Waals surface area contributed by atoms with Gasteiger partial charge in [-0.05, 0) is 7.05 Å². The minimum Gasteiger partial charge on any atom is -0.469 e. The molecule has 0 aliphatic rings. The highest BCUT2D eigenvalue weighted by Crippen LogP contribution is 2.21. The van der Waals surface area contributed by atoms with E-state index in [0.29, 0.717) is 6.54 Å². The molecule has 1 rings (SSSR count). The van der Waals surface area contributed by atoms with Crippen LogP contribution in [0.25, 0.3) is 0 Å². The Balaban J connectivity index is 2.76. The van der Waals surface area contributed by atoms with Crippen molar-refractivity contribution < 1.29 is 18.8 Å². The number of rotatable bonds is 6. The lowest BCUT2D eigenvalue weighted by Gasteiger charge is -2.20. The maximum Gasteiger partial charge on any atom is 0.309 e. The molecule has 0 amide bonds. The van der Waals surface area contributed by atoms with E-state index in [1.807, 2.05) is 0 Å². The lowest BCUT2D eigenvalue weighted by atomic mass is 10.1. The molecule has 1 atom stereocenters. The van der Waals surface area contributed by atoms with Gasteiger partial charge in [-0.25, -0.2) is 0 Å². The Bertz CT molecular complexity index is 507. The van der Waals surface area contributed by atoms with Gasteiger partial charge in [0, 0.05) is 24.7 Å².